The fraction of sp³-hybridized carbons (Fsp3) is 0.769. The zero-order valence-corrected chi connectivity index (χ0v) is 10.7. The van der Waals surface area contributed by atoms with Gasteiger partial charge in [-0.15, -0.1) is 0 Å². The molecule has 3 nitrogen and oxygen atoms in total. The van der Waals surface area contributed by atoms with E-state index in [-0.39, 0.29) is 0 Å². The third-order valence-corrected chi connectivity index (χ3v) is 3.83. The van der Waals surface area contributed by atoms with E-state index in [1.165, 1.54) is 31.2 Å². The fourth-order valence-corrected chi connectivity index (χ4v) is 2.47. The van der Waals surface area contributed by atoms with Crippen LogP contribution in [0.5, 0.6) is 0 Å². The molecule has 0 radical (unpaired) electrons. The topological polar surface area (TPSA) is 29.9 Å². The van der Waals surface area contributed by atoms with Crippen molar-refractivity contribution in [1.29, 1.82) is 0 Å². The van der Waals surface area contributed by atoms with E-state index in [1.54, 1.807) is 0 Å². The normalized spacial score (nSPS) is 19.7. The Kier molecular flexibility index (Phi) is 3.33. The van der Waals surface area contributed by atoms with Gasteiger partial charge in [-0.25, -0.2) is 0 Å². The van der Waals surface area contributed by atoms with Crippen LogP contribution in [0.1, 0.15) is 38.7 Å². The predicted octanol–water partition coefficient (Wildman–Crippen LogP) is 2.13. The number of hydrogen-bond acceptors (Lipinski definition) is 2. The van der Waals surface area contributed by atoms with E-state index in [4.69, 9.17) is 0 Å². The van der Waals surface area contributed by atoms with Crippen molar-refractivity contribution in [2.75, 3.05) is 6.54 Å². The van der Waals surface area contributed by atoms with E-state index in [2.05, 4.69) is 30.5 Å². The summed E-state index contributed by atoms with van der Waals surface area (Å²) in [4.78, 5) is 0. The molecule has 1 aliphatic carbocycles. The number of aromatic nitrogens is 2. The highest BCUT2D eigenvalue weighted by Gasteiger charge is 2.46. The van der Waals surface area contributed by atoms with Crippen molar-refractivity contribution in [2.45, 2.75) is 45.6 Å². The molecular formula is C13H23N3. The van der Waals surface area contributed by atoms with Crippen molar-refractivity contribution in [3.05, 3.63) is 18.0 Å². The lowest BCUT2D eigenvalue weighted by molar-refractivity contribution is 0.350. The molecule has 1 N–H and O–H groups in total. The van der Waals surface area contributed by atoms with Gasteiger partial charge in [0.2, 0.25) is 0 Å². The third-order valence-electron chi connectivity index (χ3n) is 3.83. The zero-order chi connectivity index (χ0) is 11.6. The van der Waals surface area contributed by atoms with E-state index in [0.717, 1.165) is 6.54 Å². The zero-order valence-electron chi connectivity index (χ0n) is 10.7. The molecule has 1 aromatic heterocycles. The van der Waals surface area contributed by atoms with Gasteiger partial charge >= 0.3 is 0 Å². The summed E-state index contributed by atoms with van der Waals surface area (Å²) in [5.41, 5.74) is 1.89. The second-order valence-electron chi connectivity index (χ2n) is 5.24. The second-order valence-corrected chi connectivity index (χ2v) is 5.24. The second kappa shape index (κ2) is 4.58. The summed E-state index contributed by atoms with van der Waals surface area (Å²) in [6.45, 7) is 5.69. The Bertz CT molecular complexity index is 339. The molecular weight excluding hydrogens is 198 g/mol. The quantitative estimate of drug-likeness (QED) is 0.797. The first-order valence-electron chi connectivity index (χ1n) is 6.37. The molecule has 3 heteroatoms. The lowest BCUT2D eigenvalue weighted by Gasteiger charge is -2.24. The van der Waals surface area contributed by atoms with Gasteiger partial charge in [0.15, 0.2) is 0 Å². The lowest BCUT2D eigenvalue weighted by Crippen LogP contribution is -2.36. The molecule has 1 aliphatic rings. The van der Waals surface area contributed by atoms with Gasteiger partial charge in [-0.05, 0) is 50.1 Å². The predicted molar refractivity (Wildman–Crippen MR) is 66.3 cm³/mol. The largest absolute Gasteiger partial charge is 0.314 e. The average molecular weight is 221 g/mol. The van der Waals surface area contributed by atoms with Crippen LogP contribution in [0.15, 0.2) is 12.4 Å². The minimum Gasteiger partial charge on any atom is -0.314 e. The maximum Gasteiger partial charge on any atom is 0.0521 e. The van der Waals surface area contributed by atoms with Crippen LogP contribution in [0.4, 0.5) is 0 Å². The first kappa shape index (κ1) is 11.6. The summed E-state index contributed by atoms with van der Waals surface area (Å²) < 4.78 is 1.90. The summed E-state index contributed by atoms with van der Waals surface area (Å²) in [6.07, 6.45) is 9.27. The van der Waals surface area contributed by atoms with Crippen LogP contribution < -0.4 is 5.32 Å². The van der Waals surface area contributed by atoms with E-state index in [0.29, 0.717) is 11.5 Å². The molecule has 1 aromatic rings. The van der Waals surface area contributed by atoms with Gasteiger partial charge in [0.05, 0.1) is 6.20 Å². The van der Waals surface area contributed by atoms with Crippen molar-refractivity contribution in [3.8, 4) is 0 Å². The van der Waals surface area contributed by atoms with Crippen LogP contribution in [0, 0.1) is 5.41 Å². The highest BCUT2D eigenvalue weighted by atomic mass is 15.2. The van der Waals surface area contributed by atoms with E-state index in [1.807, 2.05) is 17.9 Å². The molecule has 90 valence electrons. The molecule has 1 heterocycles. The molecule has 1 fully saturated rings. The van der Waals surface area contributed by atoms with Crippen molar-refractivity contribution < 1.29 is 0 Å². The van der Waals surface area contributed by atoms with Crippen molar-refractivity contribution in [1.82, 2.24) is 15.1 Å². The molecule has 0 spiro atoms. The van der Waals surface area contributed by atoms with Crippen molar-refractivity contribution in [3.63, 3.8) is 0 Å². The van der Waals surface area contributed by atoms with Gasteiger partial charge < -0.3 is 5.32 Å². The fourth-order valence-electron chi connectivity index (χ4n) is 2.47. The number of nitrogens with zero attached hydrogens (tertiary/aromatic N) is 2. The Morgan fingerprint density at radius 2 is 2.31 bits per heavy atom. The Labute approximate surface area is 98.2 Å². The molecule has 0 saturated heterocycles. The summed E-state index contributed by atoms with van der Waals surface area (Å²) in [6, 6.07) is 0.632. The minimum absolute atomic E-state index is 0.512. The molecule has 0 aromatic carbocycles. The molecule has 0 bridgehead atoms. The molecule has 16 heavy (non-hydrogen) atoms. The maximum absolute atomic E-state index is 4.25. The Morgan fingerprint density at radius 3 is 2.81 bits per heavy atom. The lowest BCUT2D eigenvalue weighted by atomic mass is 9.91. The summed E-state index contributed by atoms with van der Waals surface area (Å²) in [5, 5.41) is 7.88. The van der Waals surface area contributed by atoms with E-state index >= 15 is 0 Å². The van der Waals surface area contributed by atoms with Crippen LogP contribution >= 0.6 is 0 Å². The Hall–Kier alpha value is -0.830. The van der Waals surface area contributed by atoms with Crippen LogP contribution in [-0.2, 0) is 13.5 Å². The molecule has 1 unspecified atom stereocenters. The van der Waals surface area contributed by atoms with Crippen LogP contribution in [-0.4, -0.2) is 22.4 Å². The Balaban J connectivity index is 1.92. The smallest absolute Gasteiger partial charge is 0.0521 e. The van der Waals surface area contributed by atoms with E-state index < -0.39 is 0 Å². The summed E-state index contributed by atoms with van der Waals surface area (Å²) >= 11 is 0. The average Bonchev–Trinajstić information content (AvgIpc) is 2.93. The van der Waals surface area contributed by atoms with Gasteiger partial charge in [0.1, 0.15) is 0 Å². The van der Waals surface area contributed by atoms with Gasteiger partial charge in [-0.1, -0.05) is 6.92 Å². The highest BCUT2D eigenvalue weighted by molar-refractivity contribution is 5.14. The first-order chi connectivity index (χ1) is 7.66. The molecule has 1 atom stereocenters. The molecule has 2 rings (SSSR count). The Morgan fingerprint density at radius 1 is 1.56 bits per heavy atom. The molecule has 0 amide bonds. The van der Waals surface area contributed by atoms with Gasteiger partial charge in [-0.2, -0.15) is 5.10 Å². The number of rotatable bonds is 6. The highest BCUT2D eigenvalue weighted by Crippen LogP contribution is 2.51. The standard InChI is InChI=1S/C13H23N3/c1-4-7-14-11(2)13(5-6-13)8-12-9-15-16(3)10-12/h9-11,14H,4-8H2,1-3H3. The SMILES string of the molecule is CCCNC(C)C1(Cc2cnn(C)c2)CC1. The van der Waals surface area contributed by atoms with Crippen LogP contribution in [0.3, 0.4) is 0 Å². The van der Waals surface area contributed by atoms with Crippen LogP contribution in [0.25, 0.3) is 0 Å². The summed E-state index contributed by atoms with van der Waals surface area (Å²) in [7, 11) is 1.99. The molecule has 1 saturated carbocycles. The van der Waals surface area contributed by atoms with E-state index in [9.17, 15) is 0 Å². The third kappa shape index (κ3) is 2.46. The first-order valence-corrected chi connectivity index (χ1v) is 6.37. The minimum atomic E-state index is 0.512. The van der Waals surface area contributed by atoms with Crippen molar-refractivity contribution in [2.24, 2.45) is 12.5 Å². The monoisotopic (exact) mass is 221 g/mol. The maximum atomic E-state index is 4.25. The van der Waals surface area contributed by atoms with Gasteiger partial charge in [0.25, 0.3) is 0 Å². The number of aryl methyl sites for hydroxylation is 1. The van der Waals surface area contributed by atoms with Gasteiger partial charge in [-0.3, -0.25) is 4.68 Å². The number of nitrogens with one attached hydrogen (secondary N) is 1. The number of hydrogen-bond donors (Lipinski definition) is 1. The molecule has 0 aliphatic heterocycles. The summed E-state index contributed by atoms with van der Waals surface area (Å²) in [5.74, 6) is 0. The van der Waals surface area contributed by atoms with Crippen LogP contribution in [0.2, 0.25) is 0 Å². The van der Waals surface area contributed by atoms with Gasteiger partial charge in [0, 0.05) is 19.3 Å². The van der Waals surface area contributed by atoms with Crippen molar-refractivity contribution >= 4 is 0 Å².